The zero-order chi connectivity index (χ0) is 23.0. The summed E-state index contributed by atoms with van der Waals surface area (Å²) < 4.78 is 21.7. The predicted molar refractivity (Wildman–Crippen MR) is 124 cm³/mol. The highest BCUT2D eigenvalue weighted by Crippen LogP contribution is 2.31. The Morgan fingerprint density at radius 2 is 2.00 bits per heavy atom. The number of carbonyl (C=O) groups excluding carboxylic acids is 1. The molecule has 1 aliphatic heterocycles. The summed E-state index contributed by atoms with van der Waals surface area (Å²) >= 11 is 6.56. The summed E-state index contributed by atoms with van der Waals surface area (Å²) in [6, 6.07) is 6.84. The molecule has 4 rings (SSSR count). The summed E-state index contributed by atoms with van der Waals surface area (Å²) in [6.45, 7) is 7.24. The van der Waals surface area contributed by atoms with Crippen molar-refractivity contribution in [3.05, 3.63) is 58.8 Å². The van der Waals surface area contributed by atoms with Crippen LogP contribution in [0.4, 0.5) is 14.9 Å². The van der Waals surface area contributed by atoms with E-state index in [1.165, 1.54) is 6.07 Å². The topological polar surface area (TPSA) is 73.4 Å². The van der Waals surface area contributed by atoms with Crippen LogP contribution in [0, 0.1) is 5.82 Å². The summed E-state index contributed by atoms with van der Waals surface area (Å²) in [5.74, 6) is -0.0879. The lowest BCUT2D eigenvalue weighted by atomic mass is 9.90. The minimum Gasteiger partial charge on any atom is -0.444 e. The zero-order valence-electron chi connectivity index (χ0n) is 18.6. The largest absolute Gasteiger partial charge is 0.444 e. The fourth-order valence-corrected chi connectivity index (χ4v) is 4.39. The number of hydrogen-bond donors (Lipinski definition) is 1. The molecule has 170 valence electrons. The summed E-state index contributed by atoms with van der Waals surface area (Å²) in [6.07, 6.45) is 5.03. The molecule has 0 spiro atoms. The van der Waals surface area contributed by atoms with Crippen molar-refractivity contribution in [1.29, 1.82) is 0 Å². The zero-order valence-corrected chi connectivity index (χ0v) is 19.3. The van der Waals surface area contributed by atoms with Gasteiger partial charge in [0.2, 0.25) is 0 Å². The Bertz CT molecular complexity index is 1150. The molecule has 1 aliphatic rings. The van der Waals surface area contributed by atoms with E-state index >= 15 is 0 Å². The first kappa shape index (κ1) is 22.4. The molecule has 1 fully saturated rings. The van der Waals surface area contributed by atoms with Gasteiger partial charge in [-0.1, -0.05) is 11.6 Å². The number of piperidine rings is 1. The van der Waals surface area contributed by atoms with E-state index in [9.17, 15) is 9.18 Å². The van der Waals surface area contributed by atoms with Crippen LogP contribution in [0.25, 0.3) is 10.9 Å². The van der Waals surface area contributed by atoms with Crippen molar-refractivity contribution in [3.8, 4) is 0 Å². The fraction of sp³-hybridized carbons (Fsp3) is 0.417. The minimum atomic E-state index is -0.498. The van der Waals surface area contributed by atoms with Crippen molar-refractivity contribution in [2.75, 3.05) is 18.8 Å². The molecule has 1 saturated heterocycles. The van der Waals surface area contributed by atoms with Crippen LogP contribution in [0.1, 0.15) is 50.8 Å². The van der Waals surface area contributed by atoms with Crippen LogP contribution in [0.3, 0.4) is 0 Å². The molecule has 0 bridgehead atoms. The maximum absolute atomic E-state index is 14.4. The number of aromatic nitrogens is 2. The minimum absolute atomic E-state index is 0.268. The van der Waals surface area contributed by atoms with Gasteiger partial charge < -0.3 is 19.9 Å². The number of rotatable bonds is 3. The van der Waals surface area contributed by atoms with E-state index in [-0.39, 0.29) is 17.8 Å². The van der Waals surface area contributed by atoms with Crippen LogP contribution in [0.5, 0.6) is 0 Å². The van der Waals surface area contributed by atoms with Gasteiger partial charge in [-0.2, -0.15) is 0 Å². The molecule has 3 aromatic rings. The van der Waals surface area contributed by atoms with Crippen LogP contribution in [0.15, 0.2) is 36.7 Å². The molecule has 0 aliphatic carbocycles. The Morgan fingerprint density at radius 3 is 2.66 bits per heavy atom. The number of carbonyl (C=O) groups is 1. The third-order valence-corrected chi connectivity index (χ3v) is 6.04. The third kappa shape index (κ3) is 4.83. The summed E-state index contributed by atoms with van der Waals surface area (Å²) in [5.41, 5.74) is 7.85. The van der Waals surface area contributed by atoms with Crippen molar-refractivity contribution in [2.24, 2.45) is 0 Å². The molecule has 32 heavy (non-hydrogen) atoms. The number of ether oxygens (including phenoxy) is 1. The molecule has 1 amide bonds. The van der Waals surface area contributed by atoms with Gasteiger partial charge in [0, 0.05) is 36.6 Å². The predicted octanol–water partition coefficient (Wildman–Crippen LogP) is 5.57. The SMILES string of the molecule is CC(C)(C)OC(=O)N1CCC(c2cnc(Cn3ccc4cc(N)cc(F)c43)c(Cl)c2)CC1. The van der Waals surface area contributed by atoms with Crippen LogP contribution in [-0.2, 0) is 11.3 Å². The molecule has 0 radical (unpaired) electrons. The molecule has 0 unspecified atom stereocenters. The molecule has 1 aromatic carbocycles. The molecular formula is C24H28ClFN4O2. The van der Waals surface area contributed by atoms with Crippen LogP contribution in [0.2, 0.25) is 5.02 Å². The quantitative estimate of drug-likeness (QED) is 0.520. The second-order valence-electron chi connectivity index (χ2n) is 9.32. The summed E-state index contributed by atoms with van der Waals surface area (Å²) in [4.78, 5) is 18.6. The number of likely N-dealkylation sites (tertiary alicyclic amines) is 1. The molecular weight excluding hydrogens is 431 g/mol. The normalized spacial score (nSPS) is 15.3. The first-order valence-corrected chi connectivity index (χ1v) is 11.1. The van der Waals surface area contributed by atoms with Gasteiger partial charge in [0.15, 0.2) is 0 Å². The second-order valence-corrected chi connectivity index (χ2v) is 9.73. The number of fused-ring (bicyclic) bond motifs is 1. The molecule has 0 saturated carbocycles. The van der Waals surface area contributed by atoms with E-state index in [4.69, 9.17) is 22.1 Å². The smallest absolute Gasteiger partial charge is 0.410 e. The van der Waals surface area contributed by atoms with Gasteiger partial charge >= 0.3 is 6.09 Å². The van der Waals surface area contributed by atoms with Gasteiger partial charge in [0.1, 0.15) is 11.4 Å². The van der Waals surface area contributed by atoms with Gasteiger partial charge in [-0.05, 0) is 69.4 Å². The van der Waals surface area contributed by atoms with Crippen LogP contribution >= 0.6 is 11.6 Å². The van der Waals surface area contributed by atoms with Gasteiger partial charge in [0.05, 0.1) is 22.8 Å². The average Bonchev–Trinajstić information content (AvgIpc) is 3.11. The van der Waals surface area contributed by atoms with E-state index in [2.05, 4.69) is 4.98 Å². The highest BCUT2D eigenvalue weighted by atomic mass is 35.5. The van der Waals surface area contributed by atoms with E-state index in [1.54, 1.807) is 15.5 Å². The van der Waals surface area contributed by atoms with E-state index in [0.717, 1.165) is 23.8 Å². The lowest BCUT2D eigenvalue weighted by molar-refractivity contribution is 0.0205. The molecule has 0 atom stereocenters. The Labute approximate surface area is 192 Å². The Kier molecular flexibility index (Phi) is 6.03. The lowest BCUT2D eigenvalue weighted by Crippen LogP contribution is -2.41. The molecule has 8 heteroatoms. The highest BCUT2D eigenvalue weighted by Gasteiger charge is 2.28. The third-order valence-electron chi connectivity index (χ3n) is 5.71. The van der Waals surface area contributed by atoms with Gasteiger partial charge in [-0.15, -0.1) is 0 Å². The maximum atomic E-state index is 14.4. The molecule has 3 heterocycles. The van der Waals surface area contributed by atoms with Crippen LogP contribution in [-0.4, -0.2) is 39.2 Å². The van der Waals surface area contributed by atoms with Crippen LogP contribution < -0.4 is 5.73 Å². The number of halogens is 2. The number of benzene rings is 1. The first-order valence-electron chi connectivity index (χ1n) is 10.8. The number of anilines is 1. The number of hydrogen-bond acceptors (Lipinski definition) is 4. The Balaban J connectivity index is 1.44. The van der Waals surface area contributed by atoms with E-state index in [0.29, 0.717) is 41.6 Å². The molecule has 2 aromatic heterocycles. The monoisotopic (exact) mass is 458 g/mol. The van der Waals surface area contributed by atoms with Crippen molar-refractivity contribution in [3.63, 3.8) is 0 Å². The number of amides is 1. The summed E-state index contributed by atoms with van der Waals surface area (Å²) in [7, 11) is 0. The fourth-order valence-electron chi connectivity index (χ4n) is 4.15. The molecule has 2 N–H and O–H groups in total. The average molecular weight is 459 g/mol. The Morgan fingerprint density at radius 1 is 1.28 bits per heavy atom. The van der Waals surface area contributed by atoms with Gasteiger partial charge in [-0.3, -0.25) is 4.98 Å². The van der Waals surface area contributed by atoms with Crippen molar-refractivity contribution < 1.29 is 13.9 Å². The van der Waals surface area contributed by atoms with Crippen molar-refractivity contribution >= 4 is 34.3 Å². The standard InChI is InChI=1S/C24H28ClFN4O2/c1-24(2,3)32-23(31)29-7-4-15(5-8-29)17-11-19(25)21(28-13-17)14-30-9-6-16-10-18(27)12-20(26)22(16)30/h6,9-13,15H,4-5,7-8,14,27H2,1-3H3. The summed E-state index contributed by atoms with van der Waals surface area (Å²) in [5, 5.41) is 1.29. The van der Waals surface area contributed by atoms with Gasteiger partial charge in [0.25, 0.3) is 0 Å². The maximum Gasteiger partial charge on any atom is 0.410 e. The first-order chi connectivity index (χ1) is 15.1. The van der Waals surface area contributed by atoms with Gasteiger partial charge in [-0.25, -0.2) is 9.18 Å². The molecule has 6 nitrogen and oxygen atoms in total. The highest BCUT2D eigenvalue weighted by molar-refractivity contribution is 6.31. The number of nitrogens with two attached hydrogens (primary N) is 1. The number of nitrogen functional groups attached to an aromatic ring is 1. The number of pyridine rings is 1. The van der Waals surface area contributed by atoms with Crippen molar-refractivity contribution in [2.45, 2.75) is 51.7 Å². The number of nitrogens with zero attached hydrogens (tertiary/aromatic N) is 3. The lowest BCUT2D eigenvalue weighted by Gasteiger charge is -2.33. The van der Waals surface area contributed by atoms with E-state index in [1.807, 2.05) is 45.3 Å². The second kappa shape index (κ2) is 8.62. The van der Waals surface area contributed by atoms with E-state index < -0.39 is 5.60 Å². The van der Waals surface area contributed by atoms with Crippen molar-refractivity contribution in [1.82, 2.24) is 14.5 Å². The Hall–Kier alpha value is -2.80.